The SMILES string of the molecule is Nc1cc2c(cc1NCCCn1cccn1)NC(=O)CO2. The number of aromatic nitrogens is 2. The Morgan fingerprint density at radius 2 is 2.38 bits per heavy atom. The highest BCUT2D eigenvalue weighted by molar-refractivity contribution is 5.97. The molecule has 110 valence electrons. The molecule has 7 heteroatoms. The van der Waals surface area contributed by atoms with Crippen LogP contribution in [0.2, 0.25) is 0 Å². The molecule has 1 aliphatic rings. The third-order valence-corrected chi connectivity index (χ3v) is 3.22. The van der Waals surface area contributed by atoms with E-state index in [1.54, 1.807) is 18.3 Å². The van der Waals surface area contributed by atoms with Gasteiger partial charge in [-0.25, -0.2) is 0 Å². The summed E-state index contributed by atoms with van der Waals surface area (Å²) in [6.07, 6.45) is 4.61. The highest BCUT2D eigenvalue weighted by Gasteiger charge is 2.17. The van der Waals surface area contributed by atoms with E-state index in [4.69, 9.17) is 10.5 Å². The van der Waals surface area contributed by atoms with E-state index in [1.165, 1.54) is 0 Å². The van der Waals surface area contributed by atoms with Gasteiger partial charge in [0.25, 0.3) is 5.91 Å². The zero-order valence-electron chi connectivity index (χ0n) is 11.5. The van der Waals surface area contributed by atoms with Gasteiger partial charge in [-0.2, -0.15) is 5.10 Å². The maximum Gasteiger partial charge on any atom is 0.262 e. The second-order valence-corrected chi connectivity index (χ2v) is 4.82. The summed E-state index contributed by atoms with van der Waals surface area (Å²) in [4.78, 5) is 11.3. The third-order valence-electron chi connectivity index (χ3n) is 3.22. The van der Waals surface area contributed by atoms with Crippen LogP contribution in [-0.2, 0) is 11.3 Å². The average molecular weight is 287 g/mol. The van der Waals surface area contributed by atoms with Gasteiger partial charge in [0.15, 0.2) is 6.61 Å². The Hall–Kier alpha value is -2.70. The van der Waals surface area contributed by atoms with Crippen LogP contribution in [0.3, 0.4) is 0 Å². The molecule has 0 fully saturated rings. The molecule has 0 radical (unpaired) electrons. The summed E-state index contributed by atoms with van der Waals surface area (Å²) in [5.41, 5.74) is 8.02. The van der Waals surface area contributed by atoms with Crippen LogP contribution in [0, 0.1) is 0 Å². The number of aryl methyl sites for hydroxylation is 1. The number of rotatable bonds is 5. The maximum absolute atomic E-state index is 11.3. The molecule has 7 nitrogen and oxygen atoms in total. The Morgan fingerprint density at radius 3 is 3.19 bits per heavy atom. The summed E-state index contributed by atoms with van der Waals surface area (Å²) in [5, 5.41) is 10.2. The van der Waals surface area contributed by atoms with Crippen LogP contribution in [0.25, 0.3) is 0 Å². The molecule has 1 aliphatic heterocycles. The molecular formula is C14H17N5O2. The van der Waals surface area contributed by atoms with Gasteiger partial charge in [0.2, 0.25) is 0 Å². The van der Waals surface area contributed by atoms with Crippen LogP contribution in [0.15, 0.2) is 30.6 Å². The topological polar surface area (TPSA) is 94.2 Å². The molecule has 1 amide bonds. The van der Waals surface area contributed by atoms with Crippen molar-refractivity contribution in [1.29, 1.82) is 0 Å². The van der Waals surface area contributed by atoms with Gasteiger partial charge in [-0.3, -0.25) is 9.48 Å². The number of anilines is 3. The first-order chi connectivity index (χ1) is 10.2. The van der Waals surface area contributed by atoms with Crippen molar-refractivity contribution in [2.24, 2.45) is 0 Å². The minimum Gasteiger partial charge on any atom is -0.482 e. The molecule has 1 aromatic heterocycles. The summed E-state index contributed by atoms with van der Waals surface area (Å²) in [6, 6.07) is 5.43. The molecule has 0 atom stereocenters. The van der Waals surface area contributed by atoms with Gasteiger partial charge in [-0.15, -0.1) is 0 Å². The number of hydrogen-bond acceptors (Lipinski definition) is 5. The Labute approximate surface area is 122 Å². The lowest BCUT2D eigenvalue weighted by molar-refractivity contribution is -0.118. The van der Waals surface area contributed by atoms with Crippen LogP contribution in [-0.4, -0.2) is 28.8 Å². The number of benzene rings is 1. The van der Waals surface area contributed by atoms with Crippen molar-refractivity contribution >= 4 is 23.0 Å². The van der Waals surface area contributed by atoms with Crippen LogP contribution in [0.5, 0.6) is 5.75 Å². The van der Waals surface area contributed by atoms with Crippen molar-refractivity contribution in [3.8, 4) is 5.75 Å². The predicted molar refractivity (Wildman–Crippen MR) is 80.3 cm³/mol. The fourth-order valence-corrected chi connectivity index (χ4v) is 2.19. The average Bonchev–Trinajstić information content (AvgIpc) is 2.97. The molecule has 0 aliphatic carbocycles. The minimum atomic E-state index is -0.156. The summed E-state index contributed by atoms with van der Waals surface area (Å²) < 4.78 is 7.20. The largest absolute Gasteiger partial charge is 0.482 e. The molecule has 2 aromatic rings. The second kappa shape index (κ2) is 5.74. The number of fused-ring (bicyclic) bond motifs is 1. The number of hydrogen-bond donors (Lipinski definition) is 3. The Kier molecular flexibility index (Phi) is 3.63. The van der Waals surface area contributed by atoms with Gasteiger partial charge in [-0.1, -0.05) is 0 Å². The Morgan fingerprint density at radius 1 is 1.48 bits per heavy atom. The fraction of sp³-hybridized carbons (Fsp3) is 0.286. The number of nitrogens with one attached hydrogen (secondary N) is 2. The zero-order chi connectivity index (χ0) is 14.7. The Bertz CT molecular complexity index is 639. The first-order valence-corrected chi connectivity index (χ1v) is 6.80. The zero-order valence-corrected chi connectivity index (χ0v) is 11.5. The molecule has 0 saturated carbocycles. The van der Waals surface area contributed by atoms with Crippen LogP contribution in [0.1, 0.15) is 6.42 Å². The maximum atomic E-state index is 11.3. The van der Waals surface area contributed by atoms with Crippen molar-refractivity contribution in [2.75, 3.05) is 29.5 Å². The first-order valence-electron chi connectivity index (χ1n) is 6.80. The first kappa shape index (κ1) is 13.3. The van der Waals surface area contributed by atoms with E-state index in [2.05, 4.69) is 15.7 Å². The van der Waals surface area contributed by atoms with E-state index in [1.807, 2.05) is 16.9 Å². The molecule has 21 heavy (non-hydrogen) atoms. The standard InChI is InChI=1S/C14H17N5O2/c15-10-7-13-12(18-14(20)9-21-13)8-11(10)16-3-1-5-19-6-2-4-17-19/h2,4,6-8,16H,1,3,5,9,15H2,(H,18,20). The van der Waals surface area contributed by atoms with Crippen molar-refractivity contribution in [3.63, 3.8) is 0 Å². The smallest absolute Gasteiger partial charge is 0.262 e. The highest BCUT2D eigenvalue weighted by atomic mass is 16.5. The molecule has 3 rings (SSSR count). The Balaban J connectivity index is 1.60. The van der Waals surface area contributed by atoms with E-state index < -0.39 is 0 Å². The van der Waals surface area contributed by atoms with E-state index >= 15 is 0 Å². The molecule has 0 unspecified atom stereocenters. The number of carbonyl (C=O) groups is 1. The summed E-state index contributed by atoms with van der Waals surface area (Å²) in [5.74, 6) is 0.450. The van der Waals surface area contributed by atoms with Gasteiger partial charge >= 0.3 is 0 Å². The van der Waals surface area contributed by atoms with Gasteiger partial charge in [0.1, 0.15) is 5.75 Å². The number of ether oxygens (including phenoxy) is 1. The molecule has 4 N–H and O–H groups in total. The van der Waals surface area contributed by atoms with Crippen molar-refractivity contribution in [2.45, 2.75) is 13.0 Å². The van der Waals surface area contributed by atoms with E-state index in [0.29, 0.717) is 17.1 Å². The van der Waals surface area contributed by atoms with Gasteiger partial charge < -0.3 is 21.1 Å². The number of carbonyl (C=O) groups excluding carboxylic acids is 1. The predicted octanol–water partition coefficient (Wildman–Crippen LogP) is 1.30. The lowest BCUT2D eigenvalue weighted by Crippen LogP contribution is -2.25. The summed E-state index contributed by atoms with van der Waals surface area (Å²) >= 11 is 0. The number of nitrogen functional groups attached to an aromatic ring is 1. The van der Waals surface area contributed by atoms with Crippen LogP contribution >= 0.6 is 0 Å². The summed E-state index contributed by atoms with van der Waals surface area (Å²) in [7, 11) is 0. The quantitative estimate of drug-likeness (QED) is 0.569. The highest BCUT2D eigenvalue weighted by Crippen LogP contribution is 2.35. The molecule has 0 bridgehead atoms. The summed E-state index contributed by atoms with van der Waals surface area (Å²) in [6.45, 7) is 1.63. The minimum absolute atomic E-state index is 0.0308. The molecule has 0 spiro atoms. The molecule has 0 saturated heterocycles. The van der Waals surface area contributed by atoms with Gasteiger partial charge in [0.05, 0.1) is 17.1 Å². The van der Waals surface area contributed by atoms with Crippen LogP contribution < -0.4 is 21.1 Å². The second-order valence-electron chi connectivity index (χ2n) is 4.82. The van der Waals surface area contributed by atoms with E-state index in [9.17, 15) is 4.79 Å². The molecular weight excluding hydrogens is 270 g/mol. The third kappa shape index (κ3) is 3.07. The normalized spacial score (nSPS) is 13.2. The van der Waals surface area contributed by atoms with Gasteiger partial charge in [0, 0.05) is 31.5 Å². The molecule has 2 heterocycles. The van der Waals surface area contributed by atoms with Crippen LogP contribution in [0.4, 0.5) is 17.1 Å². The monoisotopic (exact) mass is 287 g/mol. The van der Waals surface area contributed by atoms with E-state index in [-0.39, 0.29) is 12.5 Å². The fourth-order valence-electron chi connectivity index (χ4n) is 2.19. The van der Waals surface area contributed by atoms with Crippen molar-refractivity contribution < 1.29 is 9.53 Å². The van der Waals surface area contributed by atoms with Crippen molar-refractivity contribution in [1.82, 2.24) is 9.78 Å². The van der Waals surface area contributed by atoms with Gasteiger partial charge in [-0.05, 0) is 18.6 Å². The number of nitrogens with zero attached hydrogens (tertiary/aromatic N) is 2. The lowest BCUT2D eigenvalue weighted by atomic mass is 10.2. The number of amides is 1. The molecule has 1 aromatic carbocycles. The van der Waals surface area contributed by atoms with E-state index in [0.717, 1.165) is 25.2 Å². The van der Waals surface area contributed by atoms with Crippen molar-refractivity contribution in [3.05, 3.63) is 30.6 Å². The number of nitrogens with two attached hydrogens (primary N) is 1. The lowest BCUT2D eigenvalue weighted by Gasteiger charge is -2.20.